The Morgan fingerprint density at radius 2 is 2.17 bits per heavy atom. The minimum Gasteiger partial charge on any atom is -0.394 e. The summed E-state index contributed by atoms with van der Waals surface area (Å²) in [6.45, 7) is 12.0. The van der Waals surface area contributed by atoms with Crippen LogP contribution in [0.3, 0.4) is 0 Å². The van der Waals surface area contributed by atoms with E-state index in [0.717, 1.165) is 45.6 Å². The Kier molecular flexibility index (Phi) is 8.25. The van der Waals surface area contributed by atoms with Gasteiger partial charge in [0.15, 0.2) is 0 Å². The Morgan fingerprint density at radius 3 is 2.78 bits per heavy atom. The van der Waals surface area contributed by atoms with Gasteiger partial charge in [-0.05, 0) is 31.4 Å². The molecule has 0 saturated carbocycles. The first-order valence-corrected chi connectivity index (χ1v) is 7.08. The van der Waals surface area contributed by atoms with Crippen LogP contribution in [0.15, 0.2) is 12.2 Å². The zero-order chi connectivity index (χ0) is 13.2. The molecular weight excluding hydrogens is 228 g/mol. The normalized spacial score (nSPS) is 18.1. The first kappa shape index (κ1) is 15.6. The third-order valence-corrected chi connectivity index (χ3v) is 3.23. The van der Waals surface area contributed by atoms with Crippen LogP contribution >= 0.6 is 0 Å². The zero-order valence-corrected chi connectivity index (χ0v) is 11.7. The number of nitrogens with zero attached hydrogens (tertiary/aromatic N) is 1. The topological polar surface area (TPSA) is 44.7 Å². The highest BCUT2D eigenvalue weighted by molar-refractivity contribution is 5.00. The van der Waals surface area contributed by atoms with Crippen LogP contribution in [0.25, 0.3) is 0 Å². The highest BCUT2D eigenvalue weighted by Crippen LogP contribution is 2.14. The van der Waals surface area contributed by atoms with Crippen LogP contribution in [0.4, 0.5) is 0 Å². The smallest absolute Gasteiger partial charge is 0.0701 e. The largest absolute Gasteiger partial charge is 0.394 e. The predicted octanol–water partition coefficient (Wildman–Crippen LogP) is 1.02. The summed E-state index contributed by atoms with van der Waals surface area (Å²) in [7, 11) is 0. The lowest BCUT2D eigenvalue weighted by molar-refractivity contribution is -0.00631. The van der Waals surface area contributed by atoms with Gasteiger partial charge in [-0.25, -0.2) is 0 Å². The molecule has 0 unspecified atom stereocenters. The summed E-state index contributed by atoms with van der Waals surface area (Å²) in [4.78, 5) is 2.44. The molecule has 1 aliphatic heterocycles. The van der Waals surface area contributed by atoms with Gasteiger partial charge in [0.25, 0.3) is 0 Å². The number of aliphatic hydroxyl groups is 1. The van der Waals surface area contributed by atoms with Gasteiger partial charge in [0.1, 0.15) is 0 Å². The number of hydrogen-bond donors (Lipinski definition) is 2. The number of aliphatic hydroxyl groups excluding tert-OH is 1. The Labute approximate surface area is 111 Å². The molecule has 1 fully saturated rings. The highest BCUT2D eigenvalue weighted by Gasteiger charge is 2.19. The van der Waals surface area contributed by atoms with Crippen molar-refractivity contribution in [2.45, 2.75) is 32.3 Å². The lowest BCUT2D eigenvalue weighted by Gasteiger charge is -2.32. The third kappa shape index (κ3) is 6.50. The number of piperidine rings is 1. The van der Waals surface area contributed by atoms with E-state index in [4.69, 9.17) is 9.84 Å². The summed E-state index contributed by atoms with van der Waals surface area (Å²) in [5.74, 6) is 0. The van der Waals surface area contributed by atoms with Crippen LogP contribution in [0.1, 0.15) is 26.2 Å². The molecule has 0 aromatic heterocycles. The van der Waals surface area contributed by atoms with E-state index in [2.05, 4.69) is 23.7 Å². The number of rotatable bonds is 9. The van der Waals surface area contributed by atoms with E-state index in [-0.39, 0.29) is 6.61 Å². The quantitative estimate of drug-likeness (QED) is 0.477. The summed E-state index contributed by atoms with van der Waals surface area (Å²) in [5, 5.41) is 12.1. The molecule has 0 spiro atoms. The average molecular weight is 256 g/mol. The summed E-state index contributed by atoms with van der Waals surface area (Å²) in [5.41, 5.74) is 1.26. The van der Waals surface area contributed by atoms with Gasteiger partial charge in [-0.1, -0.05) is 13.5 Å². The van der Waals surface area contributed by atoms with Crippen LogP contribution in [0, 0.1) is 0 Å². The SMILES string of the molecule is C=C(CNCCC)CN1CCC(OCCO)CC1. The third-order valence-electron chi connectivity index (χ3n) is 3.23. The van der Waals surface area contributed by atoms with Gasteiger partial charge < -0.3 is 15.2 Å². The van der Waals surface area contributed by atoms with Crippen LogP contribution in [-0.4, -0.2) is 62.0 Å². The molecule has 2 N–H and O–H groups in total. The number of hydrogen-bond acceptors (Lipinski definition) is 4. The number of nitrogens with one attached hydrogen (secondary N) is 1. The summed E-state index contributed by atoms with van der Waals surface area (Å²) < 4.78 is 5.55. The van der Waals surface area contributed by atoms with Crippen LogP contribution < -0.4 is 5.32 Å². The van der Waals surface area contributed by atoms with Gasteiger partial charge in [0.05, 0.1) is 19.3 Å². The summed E-state index contributed by atoms with van der Waals surface area (Å²) in [6.07, 6.45) is 3.63. The monoisotopic (exact) mass is 256 g/mol. The highest BCUT2D eigenvalue weighted by atomic mass is 16.5. The minimum atomic E-state index is 0.125. The van der Waals surface area contributed by atoms with Crippen molar-refractivity contribution < 1.29 is 9.84 Å². The molecule has 1 heterocycles. The number of ether oxygens (including phenoxy) is 1. The fraction of sp³-hybridized carbons (Fsp3) is 0.857. The molecule has 1 saturated heterocycles. The van der Waals surface area contributed by atoms with E-state index in [1.165, 1.54) is 12.0 Å². The molecule has 0 bridgehead atoms. The molecule has 18 heavy (non-hydrogen) atoms. The van der Waals surface area contributed by atoms with Crippen molar-refractivity contribution >= 4 is 0 Å². The van der Waals surface area contributed by atoms with E-state index in [0.29, 0.717) is 12.7 Å². The molecule has 1 aliphatic rings. The second-order valence-corrected chi connectivity index (χ2v) is 5.00. The molecule has 0 aromatic carbocycles. The average Bonchev–Trinajstić information content (AvgIpc) is 2.38. The van der Waals surface area contributed by atoms with Crippen molar-refractivity contribution in [3.63, 3.8) is 0 Å². The van der Waals surface area contributed by atoms with Gasteiger partial charge in [-0.3, -0.25) is 4.90 Å². The van der Waals surface area contributed by atoms with E-state index in [1.54, 1.807) is 0 Å². The standard InChI is InChI=1S/C14H28N2O2/c1-3-6-15-11-13(2)12-16-7-4-14(5-8-16)18-10-9-17/h14-15,17H,2-12H2,1H3. The van der Waals surface area contributed by atoms with Gasteiger partial charge >= 0.3 is 0 Å². The molecule has 0 atom stereocenters. The lowest BCUT2D eigenvalue weighted by Crippen LogP contribution is -2.39. The predicted molar refractivity (Wildman–Crippen MR) is 74.8 cm³/mol. The fourth-order valence-electron chi connectivity index (χ4n) is 2.27. The molecule has 106 valence electrons. The Morgan fingerprint density at radius 1 is 1.44 bits per heavy atom. The van der Waals surface area contributed by atoms with Crippen LogP contribution in [-0.2, 0) is 4.74 Å². The molecule has 4 heteroatoms. The van der Waals surface area contributed by atoms with Gasteiger partial charge in [-0.15, -0.1) is 0 Å². The maximum atomic E-state index is 8.72. The molecule has 0 aromatic rings. The van der Waals surface area contributed by atoms with Crippen molar-refractivity contribution in [2.24, 2.45) is 0 Å². The van der Waals surface area contributed by atoms with Crippen molar-refractivity contribution in [1.29, 1.82) is 0 Å². The van der Waals surface area contributed by atoms with Crippen molar-refractivity contribution in [3.8, 4) is 0 Å². The van der Waals surface area contributed by atoms with Gasteiger partial charge in [-0.2, -0.15) is 0 Å². The Bertz CT molecular complexity index is 226. The molecule has 0 radical (unpaired) electrons. The maximum absolute atomic E-state index is 8.72. The summed E-state index contributed by atoms with van der Waals surface area (Å²) in [6, 6.07) is 0. The second-order valence-electron chi connectivity index (χ2n) is 5.00. The lowest BCUT2D eigenvalue weighted by atomic mass is 10.1. The van der Waals surface area contributed by atoms with Crippen LogP contribution in [0.2, 0.25) is 0 Å². The van der Waals surface area contributed by atoms with E-state index in [1.807, 2.05) is 0 Å². The van der Waals surface area contributed by atoms with E-state index < -0.39 is 0 Å². The Balaban J connectivity index is 2.09. The molecule has 1 rings (SSSR count). The minimum absolute atomic E-state index is 0.125. The molecular formula is C14H28N2O2. The second kappa shape index (κ2) is 9.50. The van der Waals surface area contributed by atoms with E-state index >= 15 is 0 Å². The number of likely N-dealkylation sites (tertiary alicyclic amines) is 1. The summed E-state index contributed by atoms with van der Waals surface area (Å²) >= 11 is 0. The fourth-order valence-corrected chi connectivity index (χ4v) is 2.27. The first-order chi connectivity index (χ1) is 8.76. The van der Waals surface area contributed by atoms with Crippen LogP contribution in [0.5, 0.6) is 0 Å². The maximum Gasteiger partial charge on any atom is 0.0701 e. The Hall–Kier alpha value is -0.420. The van der Waals surface area contributed by atoms with Crippen molar-refractivity contribution in [1.82, 2.24) is 10.2 Å². The van der Waals surface area contributed by atoms with Gasteiger partial charge in [0, 0.05) is 26.2 Å². The van der Waals surface area contributed by atoms with Crippen molar-refractivity contribution in [3.05, 3.63) is 12.2 Å². The molecule has 4 nitrogen and oxygen atoms in total. The molecule has 0 aliphatic carbocycles. The zero-order valence-electron chi connectivity index (χ0n) is 11.7. The first-order valence-electron chi connectivity index (χ1n) is 7.08. The van der Waals surface area contributed by atoms with Crippen molar-refractivity contribution in [2.75, 3.05) is 45.9 Å². The van der Waals surface area contributed by atoms with Gasteiger partial charge in [0.2, 0.25) is 0 Å². The molecule has 0 amide bonds. The van der Waals surface area contributed by atoms with E-state index in [9.17, 15) is 0 Å².